The molecule has 6 aromatic heterocycles. The quantitative estimate of drug-likeness (QED) is 0.314. The van der Waals surface area contributed by atoms with Crippen molar-refractivity contribution in [2.75, 3.05) is 19.0 Å². The number of carbonyl (C=O) groups is 1. The lowest BCUT2D eigenvalue weighted by atomic mass is 10.1. The zero-order valence-electron chi connectivity index (χ0n) is 19.3. The van der Waals surface area contributed by atoms with E-state index in [1.807, 2.05) is 55.8 Å². The molecule has 0 bridgehead atoms. The number of thiophene rings is 1. The highest BCUT2D eigenvalue weighted by Crippen LogP contribution is 2.36. The molecule has 2 N–H and O–H groups in total. The van der Waals surface area contributed by atoms with Crippen LogP contribution < -0.4 is 4.90 Å². The third-order valence-electron chi connectivity index (χ3n) is 5.99. The van der Waals surface area contributed by atoms with Crippen molar-refractivity contribution in [1.82, 2.24) is 30.1 Å². The average molecular weight is 480 g/mol. The fourth-order valence-corrected chi connectivity index (χ4v) is 5.04. The van der Waals surface area contributed by atoms with Gasteiger partial charge >= 0.3 is 0 Å². The SMILES string of the molecule is CC(=O)c1ccc(-c2nccc3[nH]c(-c4[nH]nc5ncc(-c6cncc(N(C)C)c6)cc45)cc23)s1. The first-order chi connectivity index (χ1) is 17.0. The van der Waals surface area contributed by atoms with Gasteiger partial charge in [-0.1, -0.05) is 0 Å². The second-order valence-electron chi connectivity index (χ2n) is 8.54. The maximum absolute atomic E-state index is 11.8. The minimum Gasteiger partial charge on any atom is -0.376 e. The third kappa shape index (κ3) is 3.66. The first kappa shape index (κ1) is 21.2. The molecule has 0 aliphatic heterocycles. The average Bonchev–Trinajstić information content (AvgIpc) is 3.61. The topological polar surface area (TPSA) is 103 Å². The number of ketones is 1. The molecule has 0 aliphatic rings. The number of hydrogen-bond donors (Lipinski definition) is 2. The Bertz CT molecular complexity index is 1730. The summed E-state index contributed by atoms with van der Waals surface area (Å²) in [5.74, 6) is 0.0572. The number of Topliss-reactive ketones (excluding diaryl/α,β-unsaturated/α-hetero) is 1. The molecule has 9 heteroatoms. The Labute approximate surface area is 204 Å². The zero-order chi connectivity index (χ0) is 24.1. The van der Waals surface area contributed by atoms with Crippen molar-refractivity contribution < 1.29 is 4.79 Å². The zero-order valence-corrected chi connectivity index (χ0v) is 20.1. The Morgan fingerprint density at radius 1 is 0.971 bits per heavy atom. The summed E-state index contributed by atoms with van der Waals surface area (Å²) < 4.78 is 0. The third-order valence-corrected chi connectivity index (χ3v) is 7.18. The number of fused-ring (bicyclic) bond motifs is 2. The van der Waals surface area contributed by atoms with Crippen molar-refractivity contribution in [3.63, 3.8) is 0 Å². The van der Waals surface area contributed by atoms with Crippen LogP contribution in [0.5, 0.6) is 0 Å². The predicted octanol–water partition coefficient (Wildman–Crippen LogP) is 5.56. The van der Waals surface area contributed by atoms with Crippen LogP contribution in [0.4, 0.5) is 5.69 Å². The van der Waals surface area contributed by atoms with Gasteiger partial charge in [-0.15, -0.1) is 11.3 Å². The molecule has 6 rings (SSSR count). The van der Waals surface area contributed by atoms with Gasteiger partial charge in [-0.3, -0.25) is 19.9 Å². The van der Waals surface area contributed by atoms with Gasteiger partial charge in [-0.2, -0.15) is 5.10 Å². The highest BCUT2D eigenvalue weighted by molar-refractivity contribution is 7.17. The molecule has 0 saturated carbocycles. The largest absolute Gasteiger partial charge is 0.376 e. The van der Waals surface area contributed by atoms with Crippen molar-refractivity contribution in [2.45, 2.75) is 6.92 Å². The molecule has 0 aromatic carbocycles. The van der Waals surface area contributed by atoms with E-state index in [0.29, 0.717) is 5.65 Å². The maximum Gasteiger partial charge on any atom is 0.181 e. The van der Waals surface area contributed by atoms with Crippen molar-refractivity contribution in [2.24, 2.45) is 0 Å². The highest BCUT2D eigenvalue weighted by atomic mass is 32.1. The standard InChI is InChI=1S/C26H21N7OS/c1-14(34)22-4-5-23(35-22)25-18-10-21(30-20(18)6-7-28-25)24-19-9-16(12-29-26(19)32-31-24)15-8-17(33(2)3)13-27-11-15/h4-13,30H,1-3H3,(H,29,31,32). The number of H-pyrrole nitrogens is 2. The van der Waals surface area contributed by atoms with Crippen LogP contribution in [0.3, 0.4) is 0 Å². The molecule has 0 radical (unpaired) electrons. The van der Waals surface area contributed by atoms with Crippen molar-refractivity contribution in [1.29, 1.82) is 0 Å². The van der Waals surface area contributed by atoms with Crippen molar-refractivity contribution in [3.05, 3.63) is 66.1 Å². The fourth-order valence-electron chi connectivity index (χ4n) is 4.13. The lowest BCUT2D eigenvalue weighted by Crippen LogP contribution is -2.08. The Kier molecular flexibility index (Phi) is 4.93. The van der Waals surface area contributed by atoms with E-state index in [-0.39, 0.29) is 5.78 Å². The van der Waals surface area contributed by atoms with Gasteiger partial charge in [0.15, 0.2) is 11.4 Å². The number of aromatic nitrogens is 6. The first-order valence-corrected chi connectivity index (χ1v) is 11.9. The van der Waals surface area contributed by atoms with E-state index >= 15 is 0 Å². The fraction of sp³-hybridized carbons (Fsp3) is 0.115. The number of pyridine rings is 3. The van der Waals surface area contributed by atoms with E-state index in [4.69, 9.17) is 0 Å². The molecule has 8 nitrogen and oxygen atoms in total. The van der Waals surface area contributed by atoms with Crippen LogP contribution in [0.1, 0.15) is 16.6 Å². The highest BCUT2D eigenvalue weighted by Gasteiger charge is 2.16. The monoisotopic (exact) mass is 479 g/mol. The van der Waals surface area contributed by atoms with Gasteiger partial charge in [0.1, 0.15) is 0 Å². The van der Waals surface area contributed by atoms with Crippen LogP contribution in [0, 0.1) is 0 Å². The molecule has 172 valence electrons. The summed E-state index contributed by atoms with van der Waals surface area (Å²) in [6, 6.07) is 12.0. The number of nitrogens with one attached hydrogen (secondary N) is 2. The lowest BCUT2D eigenvalue weighted by molar-refractivity contribution is 0.102. The molecule has 0 fully saturated rings. The number of hydrogen-bond acceptors (Lipinski definition) is 7. The first-order valence-electron chi connectivity index (χ1n) is 11.0. The van der Waals surface area contributed by atoms with E-state index in [9.17, 15) is 4.79 Å². The summed E-state index contributed by atoms with van der Waals surface area (Å²) in [4.78, 5) is 32.5. The molecule has 35 heavy (non-hydrogen) atoms. The van der Waals surface area contributed by atoms with E-state index in [1.165, 1.54) is 11.3 Å². The maximum atomic E-state index is 11.8. The van der Waals surface area contributed by atoms with Gasteiger partial charge in [-0.25, -0.2) is 4.98 Å². The second-order valence-corrected chi connectivity index (χ2v) is 9.63. The number of rotatable bonds is 5. The van der Waals surface area contributed by atoms with Gasteiger partial charge in [-0.05, 0) is 43.3 Å². The second kappa shape index (κ2) is 8.14. The van der Waals surface area contributed by atoms with E-state index in [0.717, 1.165) is 59.9 Å². The number of carbonyl (C=O) groups excluding carboxylic acids is 1. The molecule has 6 heterocycles. The van der Waals surface area contributed by atoms with Gasteiger partial charge in [0.25, 0.3) is 0 Å². The summed E-state index contributed by atoms with van der Waals surface area (Å²) >= 11 is 1.46. The van der Waals surface area contributed by atoms with E-state index in [1.54, 1.807) is 13.1 Å². The Balaban J connectivity index is 1.46. The van der Waals surface area contributed by atoms with Crippen LogP contribution in [-0.4, -0.2) is 50.0 Å². The molecule has 0 aliphatic carbocycles. The molecule has 0 unspecified atom stereocenters. The van der Waals surface area contributed by atoms with Crippen LogP contribution in [-0.2, 0) is 0 Å². The lowest BCUT2D eigenvalue weighted by Gasteiger charge is -2.12. The number of aromatic amines is 2. The van der Waals surface area contributed by atoms with Gasteiger partial charge in [0.2, 0.25) is 0 Å². The summed E-state index contributed by atoms with van der Waals surface area (Å²) in [6.45, 7) is 1.58. The molecular weight excluding hydrogens is 458 g/mol. The van der Waals surface area contributed by atoms with Gasteiger partial charge in [0.05, 0.1) is 38.7 Å². The number of anilines is 1. The summed E-state index contributed by atoms with van der Waals surface area (Å²) in [5, 5.41) is 9.46. The van der Waals surface area contributed by atoms with Crippen LogP contribution in [0.2, 0.25) is 0 Å². The minimum atomic E-state index is 0.0572. The molecule has 0 saturated heterocycles. The molecule has 0 amide bonds. The Morgan fingerprint density at radius 3 is 2.63 bits per heavy atom. The molecule has 6 aromatic rings. The Hall–Kier alpha value is -4.37. The summed E-state index contributed by atoms with van der Waals surface area (Å²) in [6.07, 6.45) is 7.27. The van der Waals surface area contributed by atoms with Crippen molar-refractivity contribution >= 4 is 44.7 Å². The smallest absolute Gasteiger partial charge is 0.181 e. The van der Waals surface area contributed by atoms with Crippen LogP contribution >= 0.6 is 11.3 Å². The van der Waals surface area contributed by atoms with Crippen molar-refractivity contribution in [3.8, 4) is 33.1 Å². The predicted molar refractivity (Wildman–Crippen MR) is 140 cm³/mol. The number of nitrogens with zero attached hydrogens (tertiary/aromatic N) is 5. The summed E-state index contributed by atoms with van der Waals surface area (Å²) in [7, 11) is 3.99. The normalized spacial score (nSPS) is 11.4. The van der Waals surface area contributed by atoms with E-state index in [2.05, 4.69) is 48.3 Å². The Morgan fingerprint density at radius 2 is 1.83 bits per heavy atom. The van der Waals surface area contributed by atoms with E-state index < -0.39 is 0 Å². The van der Waals surface area contributed by atoms with Crippen LogP contribution in [0.25, 0.3) is 55.0 Å². The van der Waals surface area contributed by atoms with Gasteiger partial charge < -0.3 is 9.88 Å². The molecular formula is C26H21N7OS. The minimum absolute atomic E-state index is 0.0572. The summed E-state index contributed by atoms with van der Waals surface area (Å²) in [5.41, 5.74) is 7.15. The molecule has 0 spiro atoms. The molecule has 0 atom stereocenters. The van der Waals surface area contributed by atoms with Gasteiger partial charge in [0, 0.05) is 60.1 Å². The van der Waals surface area contributed by atoms with Crippen LogP contribution in [0.15, 0.2) is 61.2 Å².